The minimum atomic E-state index is -4.62. The lowest BCUT2D eigenvalue weighted by molar-refractivity contribution is -0.137. The molecule has 1 aliphatic rings. The summed E-state index contributed by atoms with van der Waals surface area (Å²) in [5, 5.41) is 4.87. The monoisotopic (exact) mass is 419 g/mol. The number of sulfonamides is 1. The third-order valence-corrected chi connectivity index (χ3v) is 6.87. The maximum Gasteiger partial charge on any atom is 0.416 e. The summed E-state index contributed by atoms with van der Waals surface area (Å²) < 4.78 is 64.9. The van der Waals surface area contributed by atoms with Gasteiger partial charge >= 0.3 is 6.18 Å². The number of carbonyl (C=O) groups is 1. The normalized spacial score (nSPS) is 17.0. The Morgan fingerprint density at radius 2 is 1.96 bits per heavy atom. The van der Waals surface area contributed by atoms with E-state index in [1.165, 1.54) is 11.3 Å². The zero-order chi connectivity index (χ0) is 19.7. The van der Waals surface area contributed by atoms with Crippen LogP contribution in [0.15, 0.2) is 40.7 Å². The van der Waals surface area contributed by atoms with Crippen LogP contribution in [0.2, 0.25) is 0 Å². The molecule has 1 aromatic carbocycles. The van der Waals surface area contributed by atoms with E-state index >= 15 is 0 Å². The molecule has 1 N–H and O–H groups in total. The van der Waals surface area contributed by atoms with Gasteiger partial charge in [-0.1, -0.05) is 6.07 Å². The van der Waals surface area contributed by atoms with Gasteiger partial charge in [0.25, 0.3) is 0 Å². The molecule has 11 heteroatoms. The highest BCUT2D eigenvalue weighted by Gasteiger charge is 2.35. The number of aromatic nitrogens is 1. The average molecular weight is 419 g/mol. The van der Waals surface area contributed by atoms with E-state index in [2.05, 4.69) is 10.3 Å². The summed E-state index contributed by atoms with van der Waals surface area (Å²) in [7, 11) is -4.05. The number of anilines is 1. The van der Waals surface area contributed by atoms with E-state index in [1.54, 1.807) is 11.6 Å². The van der Waals surface area contributed by atoms with Crippen molar-refractivity contribution in [3.05, 3.63) is 41.4 Å². The highest BCUT2D eigenvalue weighted by molar-refractivity contribution is 7.89. The zero-order valence-electron chi connectivity index (χ0n) is 13.9. The molecule has 1 aromatic heterocycles. The molecular weight excluding hydrogens is 403 g/mol. The summed E-state index contributed by atoms with van der Waals surface area (Å²) in [5.74, 6) is -0.608. The molecule has 0 aliphatic carbocycles. The SMILES string of the molecule is O=C(Nc1nccs1)C1CCN(S(=O)(=O)c2cccc(C(F)(F)F)c2)CC1. The smallest absolute Gasteiger partial charge is 0.302 e. The van der Waals surface area contributed by atoms with Crippen molar-refractivity contribution in [3.8, 4) is 0 Å². The summed E-state index contributed by atoms with van der Waals surface area (Å²) >= 11 is 1.28. The molecule has 0 saturated carbocycles. The number of hydrogen-bond donors (Lipinski definition) is 1. The Balaban J connectivity index is 1.67. The molecule has 0 radical (unpaired) electrons. The van der Waals surface area contributed by atoms with Crippen LogP contribution in [0.25, 0.3) is 0 Å². The minimum absolute atomic E-state index is 0.0640. The van der Waals surface area contributed by atoms with Crippen molar-refractivity contribution in [1.29, 1.82) is 0 Å². The summed E-state index contributed by atoms with van der Waals surface area (Å²) in [6.45, 7) is 0.128. The molecule has 2 aromatic rings. The van der Waals surface area contributed by atoms with Crippen LogP contribution < -0.4 is 5.32 Å². The molecule has 3 rings (SSSR count). The largest absolute Gasteiger partial charge is 0.416 e. The number of amides is 1. The molecule has 0 bridgehead atoms. The van der Waals surface area contributed by atoms with E-state index in [0.717, 1.165) is 22.5 Å². The van der Waals surface area contributed by atoms with Crippen molar-refractivity contribution in [2.75, 3.05) is 18.4 Å². The predicted octanol–water partition coefficient (Wildman–Crippen LogP) is 3.20. The summed E-state index contributed by atoms with van der Waals surface area (Å²) in [6.07, 6.45) is -2.48. The number of hydrogen-bond acceptors (Lipinski definition) is 5. The lowest BCUT2D eigenvalue weighted by Gasteiger charge is -2.30. The van der Waals surface area contributed by atoms with Crippen LogP contribution in [0.5, 0.6) is 0 Å². The summed E-state index contributed by atoms with van der Waals surface area (Å²) in [4.78, 5) is 15.8. The van der Waals surface area contributed by atoms with E-state index in [9.17, 15) is 26.4 Å². The fourth-order valence-electron chi connectivity index (χ4n) is 2.83. The molecule has 1 saturated heterocycles. The van der Waals surface area contributed by atoms with E-state index in [-0.39, 0.29) is 37.8 Å². The fraction of sp³-hybridized carbons (Fsp3) is 0.375. The number of alkyl halides is 3. The van der Waals surface area contributed by atoms with E-state index in [1.807, 2.05) is 0 Å². The van der Waals surface area contributed by atoms with Crippen LogP contribution in [0.1, 0.15) is 18.4 Å². The number of benzene rings is 1. The van der Waals surface area contributed by atoms with Crippen molar-refractivity contribution in [3.63, 3.8) is 0 Å². The quantitative estimate of drug-likeness (QED) is 0.826. The molecule has 27 heavy (non-hydrogen) atoms. The van der Waals surface area contributed by atoms with Gasteiger partial charge in [-0.15, -0.1) is 11.3 Å². The van der Waals surface area contributed by atoms with Crippen LogP contribution in [-0.2, 0) is 21.0 Å². The number of carbonyl (C=O) groups excluding carboxylic acids is 1. The molecule has 1 aliphatic heterocycles. The predicted molar refractivity (Wildman–Crippen MR) is 93.7 cm³/mol. The van der Waals surface area contributed by atoms with Crippen molar-refractivity contribution in [2.24, 2.45) is 5.92 Å². The molecule has 1 fully saturated rings. The topological polar surface area (TPSA) is 79.4 Å². The standard InChI is InChI=1S/C16H16F3N3O3S2/c17-16(18,19)12-2-1-3-13(10-12)27(24,25)22-7-4-11(5-8-22)14(23)21-15-20-6-9-26-15/h1-3,6,9-11H,4-5,7-8H2,(H,20,21,23). The van der Waals surface area contributed by atoms with E-state index in [4.69, 9.17) is 0 Å². The Kier molecular flexibility index (Phi) is 5.54. The number of halogens is 3. The Hall–Kier alpha value is -1.98. The van der Waals surface area contributed by atoms with Gasteiger partial charge in [0.1, 0.15) is 0 Å². The second kappa shape index (κ2) is 7.56. The van der Waals surface area contributed by atoms with Gasteiger partial charge in [-0.2, -0.15) is 17.5 Å². The van der Waals surface area contributed by atoms with Crippen LogP contribution in [-0.4, -0.2) is 36.7 Å². The molecule has 146 valence electrons. The Labute approximate surface area is 158 Å². The van der Waals surface area contributed by atoms with E-state index in [0.29, 0.717) is 11.2 Å². The Morgan fingerprint density at radius 1 is 1.26 bits per heavy atom. The second-order valence-electron chi connectivity index (χ2n) is 6.03. The van der Waals surface area contributed by atoms with Crippen LogP contribution in [0.3, 0.4) is 0 Å². The van der Waals surface area contributed by atoms with Crippen molar-refractivity contribution >= 4 is 32.4 Å². The third-order valence-electron chi connectivity index (χ3n) is 4.29. The van der Waals surface area contributed by atoms with Crippen molar-refractivity contribution < 1.29 is 26.4 Å². The zero-order valence-corrected chi connectivity index (χ0v) is 15.6. The first-order valence-corrected chi connectivity index (χ1v) is 10.4. The van der Waals surface area contributed by atoms with Crippen LogP contribution >= 0.6 is 11.3 Å². The lowest BCUT2D eigenvalue weighted by atomic mass is 9.97. The number of nitrogens with zero attached hydrogens (tertiary/aromatic N) is 2. The molecular formula is C16H16F3N3O3S2. The average Bonchev–Trinajstić information content (AvgIpc) is 3.14. The van der Waals surface area contributed by atoms with Gasteiger partial charge in [0.2, 0.25) is 15.9 Å². The summed E-state index contributed by atoms with van der Waals surface area (Å²) in [6, 6.07) is 3.68. The van der Waals surface area contributed by atoms with Crippen molar-refractivity contribution in [2.45, 2.75) is 23.9 Å². The first-order valence-electron chi connectivity index (χ1n) is 8.06. The highest BCUT2D eigenvalue weighted by Crippen LogP contribution is 2.32. The number of thiazole rings is 1. The van der Waals surface area contributed by atoms with Gasteiger partial charge in [0, 0.05) is 30.6 Å². The maximum absolute atomic E-state index is 12.8. The van der Waals surface area contributed by atoms with Gasteiger partial charge in [-0.05, 0) is 31.0 Å². The lowest BCUT2D eigenvalue weighted by Crippen LogP contribution is -2.41. The van der Waals surface area contributed by atoms with Gasteiger partial charge in [0.15, 0.2) is 5.13 Å². The minimum Gasteiger partial charge on any atom is -0.302 e. The molecule has 0 spiro atoms. The molecule has 0 unspecified atom stereocenters. The van der Waals surface area contributed by atoms with E-state index < -0.39 is 26.7 Å². The number of nitrogens with one attached hydrogen (secondary N) is 1. The number of rotatable bonds is 4. The van der Waals surface area contributed by atoms with Gasteiger partial charge in [-0.25, -0.2) is 13.4 Å². The highest BCUT2D eigenvalue weighted by atomic mass is 32.2. The fourth-order valence-corrected chi connectivity index (χ4v) is 4.88. The van der Waals surface area contributed by atoms with Crippen LogP contribution in [0, 0.1) is 5.92 Å². The first-order chi connectivity index (χ1) is 12.7. The molecule has 0 atom stereocenters. The first kappa shape index (κ1) is 19.8. The Bertz CT molecular complexity index is 906. The second-order valence-corrected chi connectivity index (χ2v) is 8.86. The van der Waals surface area contributed by atoms with Crippen molar-refractivity contribution in [1.82, 2.24) is 9.29 Å². The molecule has 6 nitrogen and oxygen atoms in total. The van der Waals surface area contributed by atoms with Gasteiger partial charge < -0.3 is 5.32 Å². The van der Waals surface area contributed by atoms with Gasteiger partial charge in [-0.3, -0.25) is 4.79 Å². The summed E-state index contributed by atoms with van der Waals surface area (Å²) in [5.41, 5.74) is -1.01. The Morgan fingerprint density at radius 3 is 2.56 bits per heavy atom. The molecule has 2 heterocycles. The van der Waals surface area contributed by atoms with Crippen LogP contribution in [0.4, 0.5) is 18.3 Å². The number of piperidine rings is 1. The third kappa shape index (κ3) is 4.47. The van der Waals surface area contributed by atoms with Gasteiger partial charge in [0.05, 0.1) is 10.5 Å². The molecule has 1 amide bonds. The maximum atomic E-state index is 12.8.